The molecule has 2 aromatic heterocycles. The second kappa shape index (κ2) is 19.3. The summed E-state index contributed by atoms with van der Waals surface area (Å²) in [7, 11) is 0. The fourth-order valence-corrected chi connectivity index (χ4v) is 18.8. The number of nitrogens with zero attached hydrogens (tertiary/aromatic N) is 4. The maximum Gasteiger partial charge on any atom is 0.135 e. The van der Waals surface area contributed by atoms with E-state index in [1.807, 2.05) is 6.20 Å². The predicted molar refractivity (Wildman–Crippen MR) is 330 cm³/mol. The number of para-hydroxylation sites is 4. The van der Waals surface area contributed by atoms with Gasteiger partial charge in [-0.3, -0.25) is 0 Å². The molecule has 8 bridgehead atoms. The minimum absolute atomic E-state index is 0. The molecule has 7 aromatic carbocycles. The van der Waals surface area contributed by atoms with Gasteiger partial charge in [0.05, 0.1) is 0 Å². The number of aromatic nitrogens is 2. The smallest absolute Gasteiger partial charge is 0.135 e. The van der Waals surface area contributed by atoms with Crippen LogP contribution in [0.25, 0.3) is 27.6 Å². The Kier molecular flexibility index (Phi) is 12.3. The molecule has 0 amide bonds. The van der Waals surface area contributed by atoms with Crippen LogP contribution in [0.4, 0.5) is 22.7 Å². The van der Waals surface area contributed by atoms with Crippen molar-refractivity contribution >= 4 is 44.6 Å². The van der Waals surface area contributed by atoms with Crippen LogP contribution in [0.15, 0.2) is 170 Å². The van der Waals surface area contributed by atoms with E-state index in [9.17, 15) is 0 Å². The van der Waals surface area contributed by atoms with Gasteiger partial charge in [0.25, 0.3) is 0 Å². The first-order valence-corrected chi connectivity index (χ1v) is 30.8. The van der Waals surface area contributed by atoms with Crippen molar-refractivity contribution in [2.75, 3.05) is 9.80 Å². The number of benzene rings is 7. The molecular formula is C76H75N4OPt-3. The van der Waals surface area contributed by atoms with Crippen LogP contribution in [0.3, 0.4) is 0 Å². The summed E-state index contributed by atoms with van der Waals surface area (Å²) in [6.07, 6.45) is 15.4. The Morgan fingerprint density at radius 3 is 1.57 bits per heavy atom. The zero-order chi connectivity index (χ0) is 54.6. The SMILES string of the molecule is CC(C)(C)c1cc(Oc2[c-]c3c(cc2)c2ccccc2n3-c2cc(C(C)(C)C)ccn2)[c-]c(N2[CH-]N(c3c(C4(c5ccccc5)C5CC6CC(C5)CC4C6)cccc3C3(c4ccccc4)C4CC5CC(C4)CC3C5)c3ccccc32)c1.[Pt]. The first kappa shape index (κ1) is 52.4. The normalized spacial score (nSPS) is 27.8. The van der Waals surface area contributed by atoms with Gasteiger partial charge in [0, 0.05) is 72.2 Å². The van der Waals surface area contributed by atoms with E-state index in [0.717, 1.165) is 62.7 Å². The first-order chi connectivity index (χ1) is 39.3. The Balaban J connectivity index is 0.00000576. The van der Waals surface area contributed by atoms with Crippen molar-refractivity contribution in [3.8, 4) is 17.3 Å². The summed E-state index contributed by atoms with van der Waals surface area (Å²) in [5.74, 6) is 7.86. The molecule has 8 aliphatic carbocycles. The zero-order valence-electron chi connectivity index (χ0n) is 48.4. The summed E-state index contributed by atoms with van der Waals surface area (Å²) in [4.78, 5) is 10.1. The van der Waals surface area contributed by atoms with Gasteiger partial charge in [0.1, 0.15) is 5.82 Å². The summed E-state index contributed by atoms with van der Waals surface area (Å²) >= 11 is 0. The molecule has 0 saturated heterocycles. The fourth-order valence-electron chi connectivity index (χ4n) is 18.8. The number of ether oxygens (including phenoxy) is 1. The molecule has 82 heavy (non-hydrogen) atoms. The average molecular weight is 1260 g/mol. The first-order valence-electron chi connectivity index (χ1n) is 30.8. The fraction of sp³-hybridized carbons (Fsp3) is 0.368. The third-order valence-electron chi connectivity index (χ3n) is 21.7. The second-order valence-corrected chi connectivity index (χ2v) is 28.2. The topological polar surface area (TPSA) is 33.5 Å². The Morgan fingerprint density at radius 2 is 1.01 bits per heavy atom. The molecular weight excluding hydrogens is 1180 g/mol. The number of pyridine rings is 1. The molecule has 6 heteroatoms. The van der Waals surface area contributed by atoms with Gasteiger partial charge in [-0.15, -0.1) is 53.6 Å². The van der Waals surface area contributed by atoms with Crippen molar-refractivity contribution < 1.29 is 25.8 Å². The summed E-state index contributed by atoms with van der Waals surface area (Å²) in [6, 6.07) is 70.4. The average Bonchev–Trinajstić information content (AvgIpc) is 3.27. The van der Waals surface area contributed by atoms with Crippen LogP contribution in [0.1, 0.15) is 139 Å². The van der Waals surface area contributed by atoms with Gasteiger partial charge in [0.15, 0.2) is 0 Å². The van der Waals surface area contributed by atoms with E-state index in [1.54, 1.807) is 11.1 Å². The minimum atomic E-state index is -0.187. The number of rotatable bonds is 9. The maximum atomic E-state index is 7.12. The molecule has 0 N–H and O–H groups in total. The monoisotopic (exact) mass is 1250 g/mol. The van der Waals surface area contributed by atoms with Gasteiger partial charge in [-0.25, -0.2) is 4.98 Å². The van der Waals surface area contributed by atoms with E-state index in [4.69, 9.17) is 9.72 Å². The van der Waals surface area contributed by atoms with Crippen LogP contribution >= 0.6 is 0 Å². The third kappa shape index (κ3) is 7.97. The van der Waals surface area contributed by atoms with E-state index in [2.05, 4.69) is 239 Å². The van der Waals surface area contributed by atoms with Crippen LogP contribution in [0.5, 0.6) is 11.5 Å². The molecule has 18 rings (SSSR count). The molecule has 0 unspecified atom stereocenters. The molecule has 3 heterocycles. The van der Waals surface area contributed by atoms with Crippen LogP contribution in [-0.2, 0) is 42.7 Å². The molecule has 418 valence electrons. The van der Waals surface area contributed by atoms with Crippen LogP contribution in [0, 0.1) is 66.1 Å². The third-order valence-corrected chi connectivity index (χ3v) is 21.7. The van der Waals surface area contributed by atoms with Gasteiger partial charge in [0.2, 0.25) is 0 Å². The van der Waals surface area contributed by atoms with Crippen molar-refractivity contribution in [1.82, 2.24) is 9.55 Å². The quantitative estimate of drug-likeness (QED) is 0.135. The maximum absolute atomic E-state index is 7.12. The van der Waals surface area contributed by atoms with Crippen molar-refractivity contribution in [3.05, 3.63) is 222 Å². The van der Waals surface area contributed by atoms with Crippen molar-refractivity contribution in [3.63, 3.8) is 0 Å². The van der Waals surface area contributed by atoms with Crippen LogP contribution in [-0.4, -0.2) is 9.55 Å². The van der Waals surface area contributed by atoms with Gasteiger partial charge in [-0.2, -0.15) is 6.07 Å². The molecule has 5 nitrogen and oxygen atoms in total. The Bertz CT molecular complexity index is 3760. The van der Waals surface area contributed by atoms with Gasteiger partial charge >= 0.3 is 0 Å². The summed E-state index contributed by atoms with van der Waals surface area (Å²) in [6.45, 7) is 16.2. The number of hydrogen-bond donors (Lipinski definition) is 0. The van der Waals surface area contributed by atoms with Crippen molar-refractivity contribution in [2.24, 2.45) is 47.3 Å². The standard InChI is InChI=1S/C76H75N4O.Pt/c1-73(2,3)54-30-31-77-71(44-54)80-67-25-14-13-22-63(67)64-29-28-61(46-70(64)80)81-62-43-55(74(4,5)6)42-60(45-62)78-47-79(69-27-16-15-26-68(69)78)72-65(75(52-18-9-7-10-19-52)56-34-48-32-49(36-56)37-57(75)35-48)23-17-24-66(72)76(53-20-11-8-12-21-53)58-38-50-33-51(40-58)41-59(76)39-50;/h7-31,42-44,47-51,56-59H,32-41H2,1-6H3;/q-3;. The van der Waals surface area contributed by atoms with Crippen molar-refractivity contribution in [2.45, 2.75) is 127 Å². The summed E-state index contributed by atoms with van der Waals surface area (Å²) in [5.41, 5.74) is 14.9. The van der Waals surface area contributed by atoms with E-state index >= 15 is 0 Å². The van der Waals surface area contributed by atoms with Crippen molar-refractivity contribution in [1.29, 1.82) is 0 Å². The minimum Gasteiger partial charge on any atom is -0.509 e. The Labute approximate surface area is 500 Å². The molecule has 0 atom stereocenters. The van der Waals surface area contributed by atoms with Crippen LogP contribution in [0.2, 0.25) is 0 Å². The van der Waals surface area contributed by atoms with E-state index in [0.29, 0.717) is 35.2 Å². The molecule has 0 spiro atoms. The molecule has 8 fully saturated rings. The molecule has 9 aliphatic rings. The molecule has 9 aromatic rings. The Hall–Kier alpha value is -6.42. The predicted octanol–water partition coefficient (Wildman–Crippen LogP) is 19.1. The molecule has 8 saturated carbocycles. The summed E-state index contributed by atoms with van der Waals surface area (Å²) in [5, 5.41) is 2.28. The van der Waals surface area contributed by atoms with E-state index in [-0.39, 0.29) is 42.7 Å². The number of hydrogen-bond acceptors (Lipinski definition) is 4. The van der Waals surface area contributed by atoms with Gasteiger partial charge in [-0.05, 0) is 186 Å². The van der Waals surface area contributed by atoms with E-state index in [1.165, 1.54) is 97.8 Å². The van der Waals surface area contributed by atoms with Gasteiger partial charge in [-0.1, -0.05) is 156 Å². The zero-order valence-corrected chi connectivity index (χ0v) is 50.7. The summed E-state index contributed by atoms with van der Waals surface area (Å²) < 4.78 is 9.37. The largest absolute Gasteiger partial charge is 0.509 e. The molecule has 1 aliphatic heterocycles. The second-order valence-electron chi connectivity index (χ2n) is 28.2. The number of fused-ring (bicyclic) bond motifs is 4. The van der Waals surface area contributed by atoms with Crippen LogP contribution < -0.4 is 14.5 Å². The number of anilines is 4. The Morgan fingerprint density at radius 1 is 0.488 bits per heavy atom. The molecule has 0 radical (unpaired) electrons. The van der Waals surface area contributed by atoms with E-state index < -0.39 is 0 Å². The van der Waals surface area contributed by atoms with Gasteiger partial charge < -0.3 is 19.1 Å².